The Balaban J connectivity index is 2.26. The minimum atomic E-state index is 0.400. The lowest BCUT2D eigenvalue weighted by atomic mass is 10.1. The molecule has 0 radical (unpaired) electrons. The predicted molar refractivity (Wildman–Crippen MR) is 83.5 cm³/mol. The summed E-state index contributed by atoms with van der Waals surface area (Å²) in [7, 11) is 3.18. The number of nitriles is 1. The minimum Gasteiger partial charge on any atom is -0.497 e. The van der Waals surface area contributed by atoms with Crippen molar-refractivity contribution in [2.24, 2.45) is 0 Å². The molecular weight excluding hydrogens is 300 g/mol. The molecule has 112 valence electrons. The van der Waals surface area contributed by atoms with Crippen LogP contribution in [0.4, 0.5) is 0 Å². The van der Waals surface area contributed by atoms with E-state index in [1.807, 2.05) is 13.0 Å². The van der Waals surface area contributed by atoms with Gasteiger partial charge in [-0.05, 0) is 24.6 Å². The summed E-state index contributed by atoms with van der Waals surface area (Å²) in [5.74, 6) is 1.32. The van der Waals surface area contributed by atoms with Gasteiger partial charge in [0.2, 0.25) is 4.96 Å². The van der Waals surface area contributed by atoms with E-state index < -0.39 is 0 Å². The smallest absolute Gasteiger partial charge is 0.214 e. The molecule has 0 spiro atoms. The lowest BCUT2D eigenvalue weighted by molar-refractivity contribution is 0.404. The highest BCUT2D eigenvalue weighted by Crippen LogP contribution is 2.35. The summed E-state index contributed by atoms with van der Waals surface area (Å²) < 4.78 is 12.2. The summed E-state index contributed by atoms with van der Waals surface area (Å²) in [6.07, 6.45) is 0.816. The van der Waals surface area contributed by atoms with Crippen LogP contribution >= 0.6 is 11.3 Å². The van der Waals surface area contributed by atoms with Gasteiger partial charge in [-0.15, -0.1) is 0 Å². The maximum atomic E-state index is 9.52. The molecule has 0 saturated carbocycles. The lowest BCUT2D eigenvalue weighted by Crippen LogP contribution is -1.94. The van der Waals surface area contributed by atoms with Crippen LogP contribution in [0.25, 0.3) is 16.2 Å². The fourth-order valence-corrected chi connectivity index (χ4v) is 3.05. The molecule has 22 heavy (non-hydrogen) atoms. The van der Waals surface area contributed by atoms with Crippen molar-refractivity contribution < 1.29 is 9.47 Å². The summed E-state index contributed by atoms with van der Waals surface area (Å²) in [6.45, 7) is 2.02. The zero-order valence-corrected chi connectivity index (χ0v) is 13.3. The summed E-state index contributed by atoms with van der Waals surface area (Å²) in [6, 6.07) is 7.61. The predicted octanol–water partition coefficient (Wildman–Crippen LogP) is 2.91. The van der Waals surface area contributed by atoms with E-state index in [0.29, 0.717) is 33.4 Å². The Labute approximate surface area is 131 Å². The van der Waals surface area contributed by atoms with Gasteiger partial charge in [0.05, 0.1) is 14.2 Å². The molecule has 0 bridgehead atoms. The van der Waals surface area contributed by atoms with E-state index in [1.165, 1.54) is 11.3 Å². The van der Waals surface area contributed by atoms with E-state index in [4.69, 9.17) is 9.47 Å². The molecule has 0 N–H and O–H groups in total. The summed E-state index contributed by atoms with van der Waals surface area (Å²) in [5, 5.41) is 14.9. The van der Waals surface area contributed by atoms with Gasteiger partial charge in [0.15, 0.2) is 5.69 Å². The van der Waals surface area contributed by atoms with Crippen molar-refractivity contribution in [3.63, 3.8) is 0 Å². The first-order valence-corrected chi connectivity index (χ1v) is 7.54. The second-order valence-electron chi connectivity index (χ2n) is 4.53. The first-order chi connectivity index (χ1) is 10.7. The summed E-state index contributed by atoms with van der Waals surface area (Å²) in [4.78, 5) is 5.27. The van der Waals surface area contributed by atoms with Crippen molar-refractivity contribution in [1.82, 2.24) is 14.6 Å². The Morgan fingerprint density at radius 3 is 2.77 bits per heavy atom. The monoisotopic (exact) mass is 314 g/mol. The number of nitrogens with zero attached hydrogens (tertiary/aromatic N) is 4. The number of hydrogen-bond donors (Lipinski definition) is 0. The van der Waals surface area contributed by atoms with Crippen molar-refractivity contribution >= 4 is 16.3 Å². The molecule has 2 aromatic heterocycles. The third-order valence-electron chi connectivity index (χ3n) is 3.32. The Bertz CT molecular complexity index is 876. The van der Waals surface area contributed by atoms with Gasteiger partial charge >= 0.3 is 0 Å². The quantitative estimate of drug-likeness (QED) is 0.740. The molecule has 0 aliphatic rings. The molecule has 0 aliphatic carbocycles. The number of aryl methyl sites for hydroxylation is 1. The average Bonchev–Trinajstić information content (AvgIpc) is 3.10. The summed E-state index contributed by atoms with van der Waals surface area (Å²) in [5.41, 5.74) is 1.67. The normalized spacial score (nSPS) is 10.6. The van der Waals surface area contributed by atoms with Crippen LogP contribution in [0.5, 0.6) is 11.5 Å². The SMILES string of the molecule is CCc1nn2c(C#N)c(-c3cc(OC)ccc3OC)nc2s1. The Morgan fingerprint density at radius 2 is 2.14 bits per heavy atom. The van der Waals surface area contributed by atoms with E-state index in [-0.39, 0.29) is 0 Å². The highest BCUT2D eigenvalue weighted by molar-refractivity contribution is 7.16. The van der Waals surface area contributed by atoms with Gasteiger partial charge in [0.1, 0.15) is 28.3 Å². The van der Waals surface area contributed by atoms with E-state index in [9.17, 15) is 5.26 Å². The van der Waals surface area contributed by atoms with Crippen molar-refractivity contribution in [1.29, 1.82) is 5.26 Å². The molecular formula is C15H14N4O2S. The Kier molecular flexibility index (Phi) is 3.69. The van der Waals surface area contributed by atoms with E-state index in [2.05, 4.69) is 16.2 Å². The molecule has 0 fully saturated rings. The van der Waals surface area contributed by atoms with Crippen LogP contribution in [0.1, 0.15) is 17.6 Å². The van der Waals surface area contributed by atoms with Gasteiger partial charge in [0.25, 0.3) is 0 Å². The van der Waals surface area contributed by atoms with Crippen LogP contribution in [-0.4, -0.2) is 28.8 Å². The first-order valence-electron chi connectivity index (χ1n) is 6.72. The fourth-order valence-electron chi connectivity index (χ4n) is 2.22. The van der Waals surface area contributed by atoms with Gasteiger partial charge in [-0.2, -0.15) is 14.9 Å². The summed E-state index contributed by atoms with van der Waals surface area (Å²) >= 11 is 1.48. The number of ether oxygens (including phenoxy) is 2. The zero-order chi connectivity index (χ0) is 15.7. The molecule has 2 heterocycles. The number of rotatable bonds is 4. The Morgan fingerprint density at radius 1 is 1.32 bits per heavy atom. The van der Waals surface area contributed by atoms with Crippen LogP contribution in [0.2, 0.25) is 0 Å². The number of hydrogen-bond acceptors (Lipinski definition) is 6. The minimum absolute atomic E-state index is 0.400. The van der Waals surface area contributed by atoms with Crippen LogP contribution < -0.4 is 9.47 Å². The van der Waals surface area contributed by atoms with Gasteiger partial charge in [-0.3, -0.25) is 0 Å². The van der Waals surface area contributed by atoms with Crippen molar-refractivity contribution in [2.75, 3.05) is 14.2 Å². The lowest BCUT2D eigenvalue weighted by Gasteiger charge is -2.08. The number of methoxy groups -OCH3 is 2. The third kappa shape index (κ3) is 2.18. The molecule has 6 nitrogen and oxygen atoms in total. The maximum absolute atomic E-state index is 9.52. The van der Waals surface area contributed by atoms with Gasteiger partial charge in [-0.1, -0.05) is 18.3 Å². The van der Waals surface area contributed by atoms with Crippen molar-refractivity contribution in [2.45, 2.75) is 13.3 Å². The highest BCUT2D eigenvalue weighted by Gasteiger charge is 2.20. The molecule has 1 aromatic carbocycles. The first kappa shape index (κ1) is 14.4. The zero-order valence-electron chi connectivity index (χ0n) is 12.5. The average molecular weight is 314 g/mol. The van der Waals surface area contributed by atoms with Crippen LogP contribution in [0, 0.1) is 11.3 Å². The second-order valence-corrected chi connectivity index (χ2v) is 5.57. The molecule has 0 aliphatic heterocycles. The Hall–Kier alpha value is -2.59. The van der Waals surface area contributed by atoms with Crippen LogP contribution in [0.15, 0.2) is 18.2 Å². The number of aromatic nitrogens is 3. The molecule has 0 amide bonds. The number of benzene rings is 1. The second kappa shape index (κ2) is 5.66. The molecule has 3 aromatic rings. The number of fused-ring (bicyclic) bond motifs is 1. The fraction of sp³-hybridized carbons (Fsp3) is 0.267. The molecule has 0 atom stereocenters. The molecule has 7 heteroatoms. The van der Waals surface area contributed by atoms with Crippen LogP contribution in [-0.2, 0) is 6.42 Å². The van der Waals surface area contributed by atoms with Gasteiger partial charge < -0.3 is 9.47 Å². The molecule has 3 rings (SSSR count). The van der Waals surface area contributed by atoms with E-state index in [0.717, 1.165) is 11.4 Å². The topological polar surface area (TPSA) is 72.4 Å². The van der Waals surface area contributed by atoms with Gasteiger partial charge in [0, 0.05) is 5.56 Å². The maximum Gasteiger partial charge on any atom is 0.214 e. The highest BCUT2D eigenvalue weighted by atomic mass is 32.1. The van der Waals surface area contributed by atoms with E-state index >= 15 is 0 Å². The van der Waals surface area contributed by atoms with Crippen molar-refractivity contribution in [3.05, 3.63) is 28.9 Å². The molecule has 0 unspecified atom stereocenters. The van der Waals surface area contributed by atoms with Gasteiger partial charge in [-0.25, -0.2) is 4.98 Å². The largest absolute Gasteiger partial charge is 0.497 e. The third-order valence-corrected chi connectivity index (χ3v) is 4.37. The van der Waals surface area contributed by atoms with Crippen molar-refractivity contribution in [3.8, 4) is 28.8 Å². The van der Waals surface area contributed by atoms with E-state index in [1.54, 1.807) is 30.9 Å². The standard InChI is InChI=1S/C15H14N4O2S/c1-4-13-18-19-11(8-16)14(17-15(19)22-13)10-7-9(20-2)5-6-12(10)21-3/h5-7H,4H2,1-3H3. The van der Waals surface area contributed by atoms with Crippen LogP contribution in [0.3, 0.4) is 0 Å². The molecule has 0 saturated heterocycles. The number of imidazole rings is 1.